The summed E-state index contributed by atoms with van der Waals surface area (Å²) in [5.41, 5.74) is 5.06. The van der Waals surface area contributed by atoms with E-state index in [9.17, 15) is 0 Å². The maximum absolute atomic E-state index is 6.85. The lowest BCUT2D eigenvalue weighted by molar-refractivity contribution is -0.0676. The molecule has 0 N–H and O–H groups in total. The van der Waals surface area contributed by atoms with Gasteiger partial charge in [-0.3, -0.25) is 0 Å². The Morgan fingerprint density at radius 2 is 1.79 bits per heavy atom. The third-order valence-corrected chi connectivity index (χ3v) is 10.7. The van der Waals surface area contributed by atoms with Crippen LogP contribution in [0.5, 0.6) is 0 Å². The summed E-state index contributed by atoms with van der Waals surface area (Å²) in [4.78, 5) is 2.73. The molecule has 1 nitrogen and oxygen atoms in total. The Morgan fingerprint density at radius 3 is 2.54 bits per heavy atom. The predicted octanol–water partition coefficient (Wildman–Crippen LogP) is 7.41. The molecule has 2 aromatic rings. The van der Waals surface area contributed by atoms with Gasteiger partial charge in [0, 0.05) is 26.5 Å². The molecule has 1 aliphatic heterocycles. The van der Waals surface area contributed by atoms with E-state index in [-0.39, 0.29) is 5.44 Å². The predicted molar refractivity (Wildman–Crippen MR) is 120 cm³/mol. The molecular formula is C25H30OS2. The fourth-order valence-electron chi connectivity index (χ4n) is 5.94. The Labute approximate surface area is 178 Å². The van der Waals surface area contributed by atoms with Gasteiger partial charge in [-0.25, -0.2) is 0 Å². The molecule has 3 aliphatic rings. The first-order valence-electron chi connectivity index (χ1n) is 10.5. The second kappa shape index (κ2) is 6.82. The monoisotopic (exact) mass is 410 g/mol. The summed E-state index contributed by atoms with van der Waals surface area (Å²) in [5, 5.41) is 0. The van der Waals surface area contributed by atoms with Crippen molar-refractivity contribution in [3.63, 3.8) is 0 Å². The quantitative estimate of drug-likeness (QED) is 0.521. The Balaban J connectivity index is 1.43. The number of fused-ring (bicyclic) bond motifs is 1. The van der Waals surface area contributed by atoms with Gasteiger partial charge in [0.15, 0.2) is 0 Å². The normalized spacial score (nSPS) is 33.1. The van der Waals surface area contributed by atoms with Crippen molar-refractivity contribution in [2.75, 3.05) is 5.75 Å². The van der Waals surface area contributed by atoms with Crippen molar-refractivity contribution in [3.8, 4) is 0 Å². The summed E-state index contributed by atoms with van der Waals surface area (Å²) in [6.45, 7) is 9.43. The van der Waals surface area contributed by atoms with E-state index < -0.39 is 0 Å². The van der Waals surface area contributed by atoms with Crippen molar-refractivity contribution in [2.45, 2.75) is 68.3 Å². The Kier molecular flexibility index (Phi) is 4.65. The molecule has 1 spiro atoms. The third-order valence-electron chi connectivity index (χ3n) is 7.93. The van der Waals surface area contributed by atoms with Crippen molar-refractivity contribution in [2.24, 2.45) is 16.7 Å². The minimum absolute atomic E-state index is 0.166. The Morgan fingerprint density at radius 1 is 1.04 bits per heavy atom. The molecular weight excluding hydrogens is 380 g/mol. The summed E-state index contributed by atoms with van der Waals surface area (Å²) < 4.78 is 6.85. The highest BCUT2D eigenvalue weighted by atomic mass is 32.2. The van der Waals surface area contributed by atoms with Crippen molar-refractivity contribution in [1.82, 2.24) is 0 Å². The number of thioether (sulfide) groups is 1. The number of rotatable bonds is 3. The molecule has 0 aromatic heterocycles. The highest BCUT2D eigenvalue weighted by Gasteiger charge is 2.66. The van der Waals surface area contributed by atoms with Crippen molar-refractivity contribution in [1.29, 1.82) is 0 Å². The van der Waals surface area contributed by atoms with Gasteiger partial charge in [-0.1, -0.05) is 62.0 Å². The van der Waals surface area contributed by atoms with E-state index in [1.54, 1.807) is 0 Å². The van der Waals surface area contributed by atoms with Gasteiger partial charge in [0.05, 0.1) is 6.10 Å². The number of benzene rings is 2. The van der Waals surface area contributed by atoms with Gasteiger partial charge in [0.2, 0.25) is 0 Å². The van der Waals surface area contributed by atoms with Gasteiger partial charge in [0.1, 0.15) is 5.44 Å². The largest absolute Gasteiger partial charge is 0.359 e. The average molecular weight is 411 g/mol. The van der Waals surface area contributed by atoms with Gasteiger partial charge in [-0.05, 0) is 61.6 Å². The molecule has 0 radical (unpaired) electrons. The molecule has 2 bridgehead atoms. The highest BCUT2D eigenvalue weighted by Crippen LogP contribution is 2.70. The van der Waals surface area contributed by atoms with Crippen LogP contribution in [0.25, 0.3) is 0 Å². The molecule has 0 amide bonds. The van der Waals surface area contributed by atoms with E-state index in [0.29, 0.717) is 16.9 Å². The van der Waals surface area contributed by atoms with Crippen LogP contribution in [0, 0.1) is 30.6 Å². The molecule has 2 aliphatic carbocycles. The van der Waals surface area contributed by atoms with E-state index in [2.05, 4.69) is 70.2 Å². The van der Waals surface area contributed by atoms with E-state index >= 15 is 0 Å². The zero-order valence-corrected chi connectivity index (χ0v) is 19.0. The summed E-state index contributed by atoms with van der Waals surface area (Å²) in [7, 11) is 0. The van der Waals surface area contributed by atoms with Crippen LogP contribution in [-0.2, 0) is 4.74 Å². The number of aryl methyl sites for hydroxylation is 2. The second-order valence-corrected chi connectivity index (χ2v) is 11.6. The highest BCUT2D eigenvalue weighted by molar-refractivity contribution is 8.00. The SMILES string of the molecule is Cc1cccc(C)c1Sc1ccccc1[C@H]1O[C@H]2C[C@H]3CC[C@]2(CS1)C3(C)C. The van der Waals surface area contributed by atoms with Crippen LogP contribution >= 0.6 is 23.5 Å². The Hall–Kier alpha value is -0.900. The van der Waals surface area contributed by atoms with Crippen LogP contribution in [0.4, 0.5) is 0 Å². The minimum Gasteiger partial charge on any atom is -0.359 e. The van der Waals surface area contributed by atoms with Crippen LogP contribution < -0.4 is 0 Å². The molecule has 1 saturated heterocycles. The molecule has 3 fully saturated rings. The van der Waals surface area contributed by atoms with Crippen LogP contribution in [0.15, 0.2) is 52.3 Å². The van der Waals surface area contributed by atoms with E-state index in [1.165, 1.54) is 51.5 Å². The molecule has 0 unspecified atom stereocenters. The van der Waals surface area contributed by atoms with Gasteiger partial charge < -0.3 is 4.74 Å². The molecule has 4 atom stereocenters. The van der Waals surface area contributed by atoms with Crippen LogP contribution in [0.2, 0.25) is 0 Å². The molecule has 2 aromatic carbocycles. The second-order valence-electron chi connectivity index (χ2n) is 9.48. The first-order chi connectivity index (χ1) is 13.4. The summed E-state index contributed by atoms with van der Waals surface area (Å²) in [6.07, 6.45) is 4.45. The maximum atomic E-state index is 6.85. The molecule has 1 heterocycles. The molecule has 2 saturated carbocycles. The van der Waals surface area contributed by atoms with Crippen molar-refractivity contribution < 1.29 is 4.74 Å². The van der Waals surface area contributed by atoms with Gasteiger partial charge >= 0.3 is 0 Å². The maximum Gasteiger partial charge on any atom is 0.129 e. The Bertz CT molecular complexity index is 885. The van der Waals surface area contributed by atoms with E-state index in [0.717, 1.165) is 5.92 Å². The summed E-state index contributed by atoms with van der Waals surface area (Å²) >= 11 is 3.95. The zero-order chi connectivity index (χ0) is 19.5. The zero-order valence-electron chi connectivity index (χ0n) is 17.3. The fourth-order valence-corrected chi connectivity index (χ4v) is 8.89. The molecule has 3 heteroatoms. The minimum atomic E-state index is 0.166. The topological polar surface area (TPSA) is 9.23 Å². The van der Waals surface area contributed by atoms with Crippen molar-refractivity contribution >= 4 is 23.5 Å². The van der Waals surface area contributed by atoms with Crippen LogP contribution in [0.3, 0.4) is 0 Å². The lowest BCUT2D eigenvalue weighted by Crippen LogP contribution is -2.45. The fraction of sp³-hybridized carbons (Fsp3) is 0.520. The number of ether oxygens (including phenoxy) is 1. The summed E-state index contributed by atoms with van der Waals surface area (Å²) in [5.74, 6) is 2.09. The molecule has 5 rings (SSSR count). The number of hydrogen-bond acceptors (Lipinski definition) is 3. The first kappa shape index (κ1) is 19.1. The smallest absolute Gasteiger partial charge is 0.129 e. The number of hydrogen-bond donors (Lipinski definition) is 0. The van der Waals surface area contributed by atoms with Gasteiger partial charge in [-0.15, -0.1) is 11.8 Å². The first-order valence-corrected chi connectivity index (χ1v) is 12.4. The lowest BCUT2D eigenvalue weighted by Gasteiger charge is -2.47. The average Bonchev–Trinajstić information content (AvgIpc) is 3.06. The van der Waals surface area contributed by atoms with Gasteiger partial charge in [-0.2, -0.15) is 0 Å². The lowest BCUT2D eigenvalue weighted by atomic mass is 9.69. The molecule has 148 valence electrons. The third kappa shape index (κ3) is 2.73. The molecule has 28 heavy (non-hydrogen) atoms. The van der Waals surface area contributed by atoms with E-state index in [1.807, 2.05) is 23.5 Å². The van der Waals surface area contributed by atoms with Crippen LogP contribution in [0.1, 0.15) is 55.2 Å². The standard InChI is InChI=1S/C25H30OS2/c1-16-8-7-9-17(2)22(16)28-20-11-6-5-10-19(20)23-26-21-14-18-12-13-25(21,15-27-23)24(18,3)4/h5-11,18,21,23H,12-15H2,1-4H3/t18-,21+,23+,25-/m1/s1. The van der Waals surface area contributed by atoms with Gasteiger partial charge in [0.25, 0.3) is 0 Å². The summed E-state index contributed by atoms with van der Waals surface area (Å²) in [6, 6.07) is 15.5. The van der Waals surface area contributed by atoms with E-state index in [4.69, 9.17) is 4.74 Å². The van der Waals surface area contributed by atoms with Crippen LogP contribution in [-0.4, -0.2) is 11.9 Å². The van der Waals surface area contributed by atoms with Crippen molar-refractivity contribution in [3.05, 3.63) is 59.2 Å².